The summed E-state index contributed by atoms with van der Waals surface area (Å²) in [4.78, 5) is 0. The molecule has 3 aliphatic rings. The number of hydrogen-bond acceptors (Lipinski definition) is 19. The van der Waals surface area contributed by atoms with E-state index in [1.807, 2.05) is 0 Å². The molecule has 3 heterocycles. The predicted octanol–water partition coefficient (Wildman–Crippen LogP) is -22.6. The second-order valence-electron chi connectivity index (χ2n) is 8.54. The summed E-state index contributed by atoms with van der Waals surface area (Å²) in [6, 6.07) is -1.49. The first-order valence-electron chi connectivity index (χ1n) is 11.4. The van der Waals surface area contributed by atoms with Gasteiger partial charge in [-0.05, 0) is 18.6 Å². The molecule has 0 saturated carbocycles. The molecule has 0 aromatic rings. The van der Waals surface area contributed by atoms with Crippen molar-refractivity contribution >= 4 is 30.9 Å². The molecule has 2 unspecified atom stereocenters. The molecule has 258 valence electrons. The van der Waals surface area contributed by atoms with Crippen molar-refractivity contribution in [2.45, 2.75) is 74.1 Å². The van der Waals surface area contributed by atoms with Crippen molar-refractivity contribution in [3.63, 3.8) is 0 Å². The third kappa shape index (κ3) is 30.9. The normalized spacial score (nSPS) is 32.8. The summed E-state index contributed by atoms with van der Waals surface area (Å²) >= 11 is 0. The first-order chi connectivity index (χ1) is 19.5. The number of hydrogen-bond donors (Lipinski definition) is 6. The predicted molar refractivity (Wildman–Crippen MR) is 128 cm³/mol. The molecule has 3 saturated heterocycles. The van der Waals surface area contributed by atoms with Gasteiger partial charge in [0, 0.05) is 25.4 Å². The van der Waals surface area contributed by atoms with Crippen LogP contribution in [0.5, 0.6) is 0 Å². The Bertz CT molecular complexity index is 1130. The van der Waals surface area contributed by atoms with Crippen LogP contribution in [0.3, 0.4) is 0 Å². The second-order valence-corrected chi connectivity index (χ2v) is 11.8. The molecule has 31 heteroatoms. The molecule has 0 amide bonds. The topological polar surface area (TPSA) is 372 Å². The largest absolute Gasteiger partial charge is 1.00 e. The summed E-state index contributed by atoms with van der Waals surface area (Å²) in [6.07, 6.45) is -10.7. The zero-order valence-corrected chi connectivity index (χ0v) is 42.1. The fraction of sp³-hybridized carbons (Fsp3) is 0.778. The van der Waals surface area contributed by atoms with Gasteiger partial charge >= 0.3 is 177 Å². The third-order valence-electron chi connectivity index (χ3n) is 5.23. The van der Waals surface area contributed by atoms with E-state index in [2.05, 4.69) is 0 Å². The Labute approximate surface area is 417 Å². The minimum Gasteiger partial charge on any atom is -0.748 e. The van der Waals surface area contributed by atoms with E-state index in [-0.39, 0.29) is 177 Å². The van der Waals surface area contributed by atoms with Gasteiger partial charge in [-0.3, -0.25) is 9.11 Å². The summed E-state index contributed by atoms with van der Waals surface area (Å²) in [5.41, 5.74) is 8.28. The van der Waals surface area contributed by atoms with Crippen LogP contribution in [0.25, 0.3) is 5.73 Å². The Morgan fingerprint density at radius 3 is 1.59 bits per heavy atom. The average Bonchev–Trinajstić information content (AvgIpc) is 2.83. The average molecular weight is 830 g/mol. The maximum absolute atomic E-state index is 11.1. The first kappa shape index (κ1) is 66.0. The smallest absolute Gasteiger partial charge is 0.748 e. The Kier molecular flexibility index (Phi) is 42.0. The van der Waals surface area contributed by atoms with E-state index < -0.39 is 111 Å². The van der Waals surface area contributed by atoms with Gasteiger partial charge in [-0.1, -0.05) is 18.2 Å². The number of nitrogens with one attached hydrogen (secondary N) is 1. The van der Waals surface area contributed by atoms with E-state index in [4.69, 9.17) is 69.2 Å². The van der Waals surface area contributed by atoms with Crippen LogP contribution in [-0.4, -0.2) is 149 Å². The van der Waals surface area contributed by atoms with Crippen LogP contribution >= 0.6 is 0 Å². The van der Waals surface area contributed by atoms with Crippen LogP contribution in [0.15, 0.2) is 0 Å². The molecular weight excluding hydrogens is 800 g/mol. The Balaban J connectivity index is -0.000000255. The van der Waals surface area contributed by atoms with Gasteiger partial charge in [0.2, 0.25) is 20.8 Å². The minimum atomic E-state index is -4.92. The number of ether oxygens (including phenoxy) is 6. The van der Waals surface area contributed by atoms with Crippen molar-refractivity contribution in [2.75, 3.05) is 12.9 Å². The van der Waals surface area contributed by atoms with Gasteiger partial charge in [0.1, 0.15) is 12.4 Å². The first-order valence-corrected chi connectivity index (χ1v) is 15.7. The molecule has 3 fully saturated rings. The summed E-state index contributed by atoms with van der Waals surface area (Å²) in [6.45, 7) is 2.05. The van der Waals surface area contributed by atoms with Gasteiger partial charge in [-0.25, -0.2) is 38.1 Å². The van der Waals surface area contributed by atoms with Crippen LogP contribution in [0.2, 0.25) is 0 Å². The van der Waals surface area contributed by atoms with Crippen molar-refractivity contribution in [1.82, 2.24) is 0 Å². The molecule has 0 aromatic heterocycles. The van der Waals surface area contributed by atoms with Crippen molar-refractivity contribution in [2.24, 2.45) is 0 Å². The number of methoxy groups -OCH3 is 1. The van der Waals surface area contributed by atoms with Crippen molar-refractivity contribution < 1.29 is 274 Å². The summed E-state index contributed by atoms with van der Waals surface area (Å²) in [7, 11) is -13.1. The monoisotopic (exact) mass is 829 g/mol. The van der Waals surface area contributed by atoms with Crippen LogP contribution in [0.1, 0.15) is 6.42 Å². The van der Waals surface area contributed by atoms with Gasteiger partial charge in [0.05, 0.1) is 22.3 Å². The van der Waals surface area contributed by atoms with E-state index >= 15 is 0 Å². The fourth-order valence-corrected chi connectivity index (χ4v) is 3.96. The molecular formula is C18H29NNa6O21S3-2. The zero-order chi connectivity index (χ0) is 33.3. The van der Waals surface area contributed by atoms with Gasteiger partial charge in [0.15, 0.2) is 0 Å². The second kappa shape index (κ2) is 31.2. The van der Waals surface area contributed by atoms with Gasteiger partial charge < -0.3 is 68.2 Å². The van der Waals surface area contributed by atoms with Gasteiger partial charge in [-0.2, -0.15) is 13.2 Å². The van der Waals surface area contributed by atoms with Crippen molar-refractivity contribution in [1.29, 1.82) is 0 Å². The van der Waals surface area contributed by atoms with E-state index in [9.17, 15) is 33.4 Å². The molecule has 49 heavy (non-hydrogen) atoms. The quantitative estimate of drug-likeness (QED) is 0.0572. The van der Waals surface area contributed by atoms with E-state index in [0.717, 1.165) is 19.6 Å². The van der Waals surface area contributed by atoms with Crippen molar-refractivity contribution in [3.8, 4) is 0 Å². The van der Waals surface area contributed by atoms with Crippen LogP contribution in [-0.2, 0) is 59.3 Å². The standard InChI is InChI=1S/C18H28NO13S.6Na.2H2O4S/c1-27-13-5-9(21)12(7-29-13)31-18-15(19)16(23)17(11(30-18)2-3-33(24,25)26)32-14-4-8(20)10(22)6-28-14;;;;;;;2*1-5(2,3)4/h4-23H,2-3H2,1H3,(H,24,25,26);;;;;;;2*(H2,1,2,3,4)/q-5;6*+1;;/p-3/t8-,9-,10+,11?,12+,13+,14-,15?,16+,17+,18-;;;;;;;;/m0......../s1. The maximum Gasteiger partial charge on any atom is 1.00 e. The van der Waals surface area contributed by atoms with E-state index in [1.54, 1.807) is 0 Å². The Hall–Kier alpha value is 5.21. The Morgan fingerprint density at radius 2 is 1.18 bits per heavy atom. The molecule has 0 radical (unpaired) electrons. The number of rotatable bonds is 8. The fourth-order valence-electron chi connectivity index (χ4n) is 3.44. The molecule has 11 atom stereocenters. The van der Waals surface area contributed by atoms with Crippen LogP contribution in [0.4, 0.5) is 0 Å². The Morgan fingerprint density at radius 1 is 0.735 bits per heavy atom. The van der Waals surface area contributed by atoms with Crippen LogP contribution in [0, 0.1) is 26.1 Å². The van der Waals surface area contributed by atoms with Gasteiger partial charge in [-0.15, -0.1) is 0 Å². The molecule has 7 N–H and O–H groups in total. The molecule has 3 rings (SSSR count). The van der Waals surface area contributed by atoms with E-state index in [1.165, 1.54) is 13.5 Å². The summed E-state index contributed by atoms with van der Waals surface area (Å²) in [5, 5.41) is 40.1. The third-order valence-corrected chi connectivity index (χ3v) is 5.97. The molecule has 22 nitrogen and oxygen atoms in total. The summed E-state index contributed by atoms with van der Waals surface area (Å²) < 4.78 is 131. The zero-order valence-electron chi connectivity index (χ0n) is 27.6. The number of aliphatic hydroxyl groups is 4. The molecule has 3 aliphatic heterocycles. The molecule has 0 spiro atoms. The minimum absolute atomic E-state index is 0. The van der Waals surface area contributed by atoms with Gasteiger partial charge in [0.25, 0.3) is 0 Å². The van der Waals surface area contributed by atoms with Crippen LogP contribution < -0.4 is 177 Å². The maximum atomic E-state index is 11.1. The molecule has 0 aromatic carbocycles. The summed E-state index contributed by atoms with van der Waals surface area (Å²) in [5.74, 6) is -0.854. The van der Waals surface area contributed by atoms with E-state index in [0.29, 0.717) is 0 Å². The molecule has 0 bridgehead atoms. The van der Waals surface area contributed by atoms with Crippen molar-refractivity contribution in [3.05, 3.63) is 31.8 Å². The number of aliphatic hydroxyl groups excluding tert-OH is 4. The molecule has 0 aliphatic carbocycles. The SMILES string of the molecule is CO[C@H]1[CH-][C@H](O)[C@H](O[C@@H]2OC(CCS(=O)(=O)[O-])[C@@H](O[C@H]3[CH-][C@H](O)[C@H](O)[CH-]O3)[C@H](O)C2[NH-])[CH-]O1.O=S(=O)([O-])O.O=S(=O)([O-])O.[Na+].[Na+].[Na+].[Na+].[Na+].[Na+].